The molecule has 2 atom stereocenters. The van der Waals surface area contributed by atoms with Crippen LogP contribution < -0.4 is 5.32 Å². The van der Waals surface area contributed by atoms with Crippen LogP contribution in [0.1, 0.15) is 42.3 Å². The second-order valence-electron chi connectivity index (χ2n) is 5.73. The van der Waals surface area contributed by atoms with E-state index in [1.165, 1.54) is 22.0 Å². The molecule has 19 heavy (non-hydrogen) atoms. The number of rotatable bonds is 6. The molecule has 2 heterocycles. The molecule has 0 aromatic carbocycles. The van der Waals surface area contributed by atoms with E-state index in [0.29, 0.717) is 6.10 Å². The average Bonchev–Trinajstić information content (AvgIpc) is 2.85. The molecule has 1 aromatic rings. The van der Waals surface area contributed by atoms with Gasteiger partial charge in [0.25, 0.3) is 0 Å². The third-order valence-electron chi connectivity index (χ3n) is 4.31. The third kappa shape index (κ3) is 3.36. The molecule has 1 N–H and O–H groups in total. The van der Waals surface area contributed by atoms with E-state index in [2.05, 4.69) is 33.0 Å². The maximum Gasteiger partial charge on any atom is 0.0937 e. The van der Waals surface area contributed by atoms with E-state index >= 15 is 0 Å². The van der Waals surface area contributed by atoms with Gasteiger partial charge in [0.05, 0.1) is 16.8 Å². The fourth-order valence-electron chi connectivity index (χ4n) is 2.78. The number of hydrogen-bond donors (Lipinski definition) is 1. The van der Waals surface area contributed by atoms with Crippen LogP contribution in [0.25, 0.3) is 0 Å². The third-order valence-corrected chi connectivity index (χ3v) is 5.38. The number of thiazole rings is 1. The van der Waals surface area contributed by atoms with E-state index in [1.807, 2.05) is 11.3 Å². The van der Waals surface area contributed by atoms with E-state index in [0.717, 1.165) is 32.5 Å². The van der Waals surface area contributed by atoms with E-state index in [1.54, 1.807) is 0 Å². The van der Waals surface area contributed by atoms with Gasteiger partial charge in [0, 0.05) is 29.9 Å². The number of nitrogens with zero attached hydrogens (tertiary/aromatic N) is 1. The van der Waals surface area contributed by atoms with Gasteiger partial charge >= 0.3 is 0 Å². The molecule has 0 saturated carbocycles. The van der Waals surface area contributed by atoms with Gasteiger partial charge in [-0.25, -0.2) is 4.98 Å². The van der Waals surface area contributed by atoms with Crippen molar-refractivity contribution in [1.29, 1.82) is 0 Å². The summed E-state index contributed by atoms with van der Waals surface area (Å²) in [7, 11) is 0. The quantitative estimate of drug-likeness (QED) is 0.814. The number of aromatic nitrogens is 1. The van der Waals surface area contributed by atoms with Crippen LogP contribution >= 0.6 is 11.3 Å². The van der Waals surface area contributed by atoms with Crippen molar-refractivity contribution in [3.05, 3.63) is 15.6 Å². The van der Waals surface area contributed by atoms with Crippen LogP contribution in [0.3, 0.4) is 0 Å². The predicted octanol–water partition coefficient (Wildman–Crippen LogP) is 3.10. The van der Waals surface area contributed by atoms with Gasteiger partial charge in [0.15, 0.2) is 0 Å². The van der Waals surface area contributed by atoms with Gasteiger partial charge in [-0.3, -0.25) is 0 Å². The molecule has 1 aliphatic heterocycles. The van der Waals surface area contributed by atoms with Crippen molar-refractivity contribution in [2.75, 3.05) is 19.7 Å². The summed E-state index contributed by atoms with van der Waals surface area (Å²) in [6.07, 6.45) is 3.69. The maximum atomic E-state index is 5.85. The first-order valence-electron chi connectivity index (χ1n) is 7.32. The summed E-state index contributed by atoms with van der Waals surface area (Å²) in [5, 5.41) is 4.86. The second kappa shape index (κ2) is 6.33. The Morgan fingerprint density at radius 1 is 1.47 bits per heavy atom. The molecule has 1 fully saturated rings. The van der Waals surface area contributed by atoms with Crippen molar-refractivity contribution >= 4 is 11.3 Å². The first-order chi connectivity index (χ1) is 9.07. The Morgan fingerprint density at radius 3 is 2.79 bits per heavy atom. The van der Waals surface area contributed by atoms with Crippen LogP contribution in [0.5, 0.6) is 0 Å². The molecule has 0 amide bonds. The minimum Gasteiger partial charge on any atom is -0.378 e. The molecule has 4 heteroatoms. The molecular weight excluding hydrogens is 256 g/mol. The number of hydrogen-bond acceptors (Lipinski definition) is 4. The highest BCUT2D eigenvalue weighted by atomic mass is 32.1. The van der Waals surface area contributed by atoms with Crippen molar-refractivity contribution in [2.24, 2.45) is 5.41 Å². The van der Waals surface area contributed by atoms with Gasteiger partial charge in [-0.05, 0) is 40.2 Å². The summed E-state index contributed by atoms with van der Waals surface area (Å²) in [5.41, 5.74) is 1.41. The van der Waals surface area contributed by atoms with E-state index < -0.39 is 0 Å². The Bertz CT molecular complexity index is 399. The number of aryl methyl sites for hydroxylation is 2. The molecule has 0 spiro atoms. The smallest absolute Gasteiger partial charge is 0.0937 e. The molecule has 0 aliphatic carbocycles. The molecule has 1 aliphatic rings. The first kappa shape index (κ1) is 14.9. The van der Waals surface area contributed by atoms with Crippen LogP contribution in [0.4, 0.5) is 0 Å². The number of nitrogens with one attached hydrogen (secondary N) is 1. The van der Waals surface area contributed by atoms with Gasteiger partial charge in [0.2, 0.25) is 0 Å². The standard InChI is InChI=1S/C15H26N2OS/c1-5-7-16-10-15(6-8-18-13(15)4)9-14-17-11(2)12(3)19-14/h13,16H,5-10H2,1-4H3. The molecule has 1 saturated heterocycles. The molecule has 0 radical (unpaired) electrons. The van der Waals surface area contributed by atoms with Crippen LogP contribution in [-0.2, 0) is 11.2 Å². The Hall–Kier alpha value is -0.450. The van der Waals surface area contributed by atoms with Crippen LogP contribution in [0, 0.1) is 19.3 Å². The Balaban J connectivity index is 2.09. The molecule has 2 unspecified atom stereocenters. The second-order valence-corrected chi connectivity index (χ2v) is 7.02. The predicted molar refractivity (Wildman–Crippen MR) is 80.9 cm³/mol. The molecule has 108 valence electrons. The summed E-state index contributed by atoms with van der Waals surface area (Å²) < 4.78 is 5.85. The Labute approximate surface area is 120 Å². The fourth-order valence-corrected chi connectivity index (χ4v) is 3.86. The van der Waals surface area contributed by atoms with Gasteiger partial charge < -0.3 is 10.1 Å². The van der Waals surface area contributed by atoms with E-state index in [4.69, 9.17) is 9.72 Å². The van der Waals surface area contributed by atoms with Gasteiger partial charge in [-0.15, -0.1) is 11.3 Å². The summed E-state index contributed by atoms with van der Waals surface area (Å²) >= 11 is 1.85. The SMILES string of the molecule is CCCNCC1(Cc2nc(C)c(C)s2)CCOC1C. The van der Waals surface area contributed by atoms with Crippen molar-refractivity contribution in [1.82, 2.24) is 10.3 Å². The van der Waals surface area contributed by atoms with Crippen LogP contribution in [-0.4, -0.2) is 30.8 Å². The molecule has 2 rings (SSSR count). The summed E-state index contributed by atoms with van der Waals surface area (Å²) in [6, 6.07) is 0. The summed E-state index contributed by atoms with van der Waals surface area (Å²) in [5.74, 6) is 0. The van der Waals surface area contributed by atoms with Crippen molar-refractivity contribution in [2.45, 2.75) is 53.1 Å². The highest BCUT2D eigenvalue weighted by molar-refractivity contribution is 7.11. The molecular formula is C15H26N2OS. The van der Waals surface area contributed by atoms with Crippen LogP contribution in [0.15, 0.2) is 0 Å². The number of ether oxygens (including phenoxy) is 1. The first-order valence-corrected chi connectivity index (χ1v) is 8.14. The van der Waals surface area contributed by atoms with E-state index in [-0.39, 0.29) is 5.41 Å². The topological polar surface area (TPSA) is 34.2 Å². The van der Waals surface area contributed by atoms with Gasteiger partial charge in [-0.1, -0.05) is 6.92 Å². The summed E-state index contributed by atoms with van der Waals surface area (Å²) in [6.45, 7) is 11.7. The Kier molecular flexibility index (Phi) is 4.98. The van der Waals surface area contributed by atoms with Crippen molar-refractivity contribution in [3.8, 4) is 0 Å². The minimum atomic E-state index is 0.228. The zero-order valence-electron chi connectivity index (χ0n) is 12.6. The lowest BCUT2D eigenvalue weighted by Crippen LogP contribution is -2.41. The summed E-state index contributed by atoms with van der Waals surface area (Å²) in [4.78, 5) is 6.06. The zero-order chi connectivity index (χ0) is 13.9. The fraction of sp³-hybridized carbons (Fsp3) is 0.800. The van der Waals surface area contributed by atoms with E-state index in [9.17, 15) is 0 Å². The maximum absolute atomic E-state index is 5.85. The normalized spacial score (nSPS) is 27.1. The lowest BCUT2D eigenvalue weighted by molar-refractivity contribution is 0.0630. The Morgan fingerprint density at radius 2 is 2.26 bits per heavy atom. The van der Waals surface area contributed by atoms with Gasteiger partial charge in [-0.2, -0.15) is 0 Å². The molecule has 3 nitrogen and oxygen atoms in total. The largest absolute Gasteiger partial charge is 0.378 e. The lowest BCUT2D eigenvalue weighted by atomic mass is 9.78. The lowest BCUT2D eigenvalue weighted by Gasteiger charge is -2.32. The highest BCUT2D eigenvalue weighted by Crippen LogP contribution is 2.38. The van der Waals surface area contributed by atoms with Crippen LogP contribution in [0.2, 0.25) is 0 Å². The minimum absolute atomic E-state index is 0.228. The van der Waals surface area contributed by atoms with Crippen molar-refractivity contribution in [3.63, 3.8) is 0 Å². The highest BCUT2D eigenvalue weighted by Gasteiger charge is 2.41. The van der Waals surface area contributed by atoms with Crippen molar-refractivity contribution < 1.29 is 4.74 Å². The van der Waals surface area contributed by atoms with Gasteiger partial charge in [0.1, 0.15) is 0 Å². The average molecular weight is 282 g/mol. The molecule has 1 aromatic heterocycles. The monoisotopic (exact) mass is 282 g/mol. The molecule has 0 bridgehead atoms. The zero-order valence-corrected chi connectivity index (χ0v) is 13.4.